The molecule has 0 saturated carbocycles. The lowest BCUT2D eigenvalue weighted by Gasteiger charge is -2.03. The number of anilines is 1. The molecule has 2 N–H and O–H groups in total. The summed E-state index contributed by atoms with van der Waals surface area (Å²) in [5.41, 5.74) is 0.797. The SMILES string of the molecule is Cc1cc(NC(=O)CCC(=O)O)n(C)n1. The smallest absolute Gasteiger partial charge is 0.303 e. The highest BCUT2D eigenvalue weighted by Crippen LogP contribution is 2.08. The number of aromatic nitrogens is 2. The van der Waals surface area contributed by atoms with Crippen LogP contribution >= 0.6 is 0 Å². The summed E-state index contributed by atoms with van der Waals surface area (Å²) in [6.45, 7) is 1.81. The fourth-order valence-corrected chi connectivity index (χ4v) is 1.15. The minimum atomic E-state index is -0.980. The number of hydrogen-bond donors (Lipinski definition) is 2. The Hall–Kier alpha value is -1.85. The van der Waals surface area contributed by atoms with E-state index in [1.165, 1.54) is 4.68 Å². The maximum atomic E-state index is 11.3. The lowest BCUT2D eigenvalue weighted by atomic mass is 10.3. The average molecular weight is 211 g/mol. The summed E-state index contributed by atoms with van der Waals surface area (Å²) in [6.07, 6.45) is -0.192. The van der Waals surface area contributed by atoms with Gasteiger partial charge < -0.3 is 10.4 Å². The molecule has 6 nitrogen and oxygen atoms in total. The summed E-state index contributed by atoms with van der Waals surface area (Å²) < 4.78 is 1.54. The van der Waals surface area contributed by atoms with Crippen molar-refractivity contribution in [1.29, 1.82) is 0 Å². The van der Waals surface area contributed by atoms with Crippen LogP contribution in [0.1, 0.15) is 18.5 Å². The Bertz CT molecular complexity index is 384. The van der Waals surface area contributed by atoms with Crippen LogP contribution < -0.4 is 5.32 Å². The van der Waals surface area contributed by atoms with Gasteiger partial charge in [0.25, 0.3) is 0 Å². The van der Waals surface area contributed by atoms with Crippen LogP contribution in [0.4, 0.5) is 5.82 Å². The largest absolute Gasteiger partial charge is 0.481 e. The number of carbonyl (C=O) groups excluding carboxylic acids is 1. The van der Waals surface area contributed by atoms with Gasteiger partial charge >= 0.3 is 5.97 Å². The first kappa shape index (κ1) is 11.2. The van der Waals surface area contributed by atoms with E-state index in [1.807, 2.05) is 6.92 Å². The zero-order valence-corrected chi connectivity index (χ0v) is 8.65. The number of hydrogen-bond acceptors (Lipinski definition) is 3. The van der Waals surface area contributed by atoms with Crippen molar-refractivity contribution in [3.8, 4) is 0 Å². The third-order valence-electron chi connectivity index (χ3n) is 1.84. The molecule has 1 aromatic heterocycles. The van der Waals surface area contributed by atoms with Crippen molar-refractivity contribution in [2.24, 2.45) is 7.05 Å². The van der Waals surface area contributed by atoms with Gasteiger partial charge in [-0.1, -0.05) is 0 Å². The Balaban J connectivity index is 2.51. The molecule has 1 rings (SSSR count). The van der Waals surface area contributed by atoms with Gasteiger partial charge in [0, 0.05) is 19.5 Å². The number of rotatable bonds is 4. The molecule has 0 saturated heterocycles. The number of carboxylic acid groups (broad SMARTS) is 1. The van der Waals surface area contributed by atoms with E-state index in [0.717, 1.165) is 5.69 Å². The van der Waals surface area contributed by atoms with E-state index >= 15 is 0 Å². The average Bonchev–Trinajstić information content (AvgIpc) is 2.42. The third-order valence-corrected chi connectivity index (χ3v) is 1.84. The van der Waals surface area contributed by atoms with E-state index in [1.54, 1.807) is 13.1 Å². The van der Waals surface area contributed by atoms with E-state index in [2.05, 4.69) is 10.4 Å². The normalized spacial score (nSPS) is 10.0. The third kappa shape index (κ3) is 3.41. The molecule has 0 aliphatic carbocycles. The van der Waals surface area contributed by atoms with Crippen LogP contribution in [-0.4, -0.2) is 26.8 Å². The second kappa shape index (κ2) is 4.59. The van der Waals surface area contributed by atoms with Crippen LogP contribution in [0.5, 0.6) is 0 Å². The van der Waals surface area contributed by atoms with Gasteiger partial charge in [-0.2, -0.15) is 5.10 Å². The molecule has 0 fully saturated rings. The molecule has 1 aromatic rings. The van der Waals surface area contributed by atoms with Crippen LogP contribution in [0.3, 0.4) is 0 Å². The summed E-state index contributed by atoms with van der Waals surface area (Å²) in [7, 11) is 1.71. The zero-order chi connectivity index (χ0) is 11.4. The summed E-state index contributed by atoms with van der Waals surface area (Å²) in [5.74, 6) is -0.727. The highest BCUT2D eigenvalue weighted by Gasteiger charge is 2.08. The molecule has 1 amide bonds. The predicted molar refractivity (Wildman–Crippen MR) is 53.4 cm³/mol. The van der Waals surface area contributed by atoms with Crippen LogP contribution in [0, 0.1) is 6.92 Å². The molecule has 0 atom stereocenters. The quantitative estimate of drug-likeness (QED) is 0.760. The van der Waals surface area contributed by atoms with Crippen LogP contribution in [-0.2, 0) is 16.6 Å². The fourth-order valence-electron chi connectivity index (χ4n) is 1.15. The number of aryl methyl sites for hydroxylation is 2. The first-order valence-corrected chi connectivity index (χ1v) is 4.51. The molecular weight excluding hydrogens is 198 g/mol. The van der Waals surface area contributed by atoms with Gasteiger partial charge in [-0.15, -0.1) is 0 Å². The number of carbonyl (C=O) groups is 2. The van der Waals surface area contributed by atoms with Gasteiger partial charge in [0.1, 0.15) is 5.82 Å². The second-order valence-corrected chi connectivity index (χ2v) is 3.24. The Morgan fingerprint density at radius 2 is 2.20 bits per heavy atom. The molecule has 6 heteroatoms. The number of nitrogens with one attached hydrogen (secondary N) is 1. The molecular formula is C9H13N3O3. The molecule has 15 heavy (non-hydrogen) atoms. The van der Waals surface area contributed by atoms with Gasteiger partial charge in [0.2, 0.25) is 5.91 Å². The topological polar surface area (TPSA) is 84.2 Å². The fraction of sp³-hybridized carbons (Fsp3) is 0.444. The summed E-state index contributed by atoms with van der Waals surface area (Å²) in [5, 5.41) is 15.0. The highest BCUT2D eigenvalue weighted by molar-refractivity contribution is 5.91. The van der Waals surface area contributed by atoms with Crippen molar-refractivity contribution in [1.82, 2.24) is 9.78 Å². The Kier molecular flexibility index (Phi) is 3.43. The number of aliphatic carboxylic acids is 1. The van der Waals surface area contributed by atoms with Crippen LogP contribution in [0.25, 0.3) is 0 Å². The van der Waals surface area contributed by atoms with Crippen molar-refractivity contribution in [2.75, 3.05) is 5.32 Å². The standard InChI is InChI=1S/C9H13N3O3/c1-6-5-7(12(2)11-6)10-8(13)3-4-9(14)15/h5H,3-4H2,1-2H3,(H,10,13)(H,14,15). The monoisotopic (exact) mass is 211 g/mol. The van der Waals surface area contributed by atoms with Crippen molar-refractivity contribution < 1.29 is 14.7 Å². The lowest BCUT2D eigenvalue weighted by Crippen LogP contribution is -2.15. The molecule has 0 radical (unpaired) electrons. The molecule has 82 valence electrons. The van der Waals surface area contributed by atoms with Gasteiger partial charge in [-0.05, 0) is 6.92 Å². The molecule has 0 spiro atoms. The molecule has 1 heterocycles. The van der Waals surface area contributed by atoms with E-state index in [9.17, 15) is 9.59 Å². The first-order chi connectivity index (χ1) is 6.99. The second-order valence-electron chi connectivity index (χ2n) is 3.24. The Morgan fingerprint density at radius 3 is 2.67 bits per heavy atom. The van der Waals surface area contributed by atoms with E-state index < -0.39 is 5.97 Å². The number of carboxylic acids is 1. The van der Waals surface area contributed by atoms with Crippen molar-refractivity contribution in [3.05, 3.63) is 11.8 Å². The van der Waals surface area contributed by atoms with Crippen LogP contribution in [0.2, 0.25) is 0 Å². The van der Waals surface area contributed by atoms with E-state index in [-0.39, 0.29) is 18.7 Å². The number of amides is 1. The van der Waals surface area contributed by atoms with Crippen molar-refractivity contribution in [2.45, 2.75) is 19.8 Å². The first-order valence-electron chi connectivity index (χ1n) is 4.51. The Labute approximate surface area is 86.9 Å². The molecule has 0 aliphatic heterocycles. The molecule has 0 bridgehead atoms. The van der Waals surface area contributed by atoms with Gasteiger partial charge in [0.15, 0.2) is 0 Å². The van der Waals surface area contributed by atoms with Crippen molar-refractivity contribution in [3.63, 3.8) is 0 Å². The molecule has 0 aromatic carbocycles. The highest BCUT2D eigenvalue weighted by atomic mass is 16.4. The summed E-state index contributed by atoms with van der Waals surface area (Å²) in [4.78, 5) is 21.5. The van der Waals surface area contributed by atoms with E-state index in [0.29, 0.717) is 5.82 Å². The maximum absolute atomic E-state index is 11.3. The molecule has 0 aliphatic rings. The summed E-state index contributed by atoms with van der Waals surface area (Å²) in [6, 6.07) is 1.72. The number of nitrogens with zero attached hydrogens (tertiary/aromatic N) is 2. The van der Waals surface area contributed by atoms with E-state index in [4.69, 9.17) is 5.11 Å². The summed E-state index contributed by atoms with van der Waals surface area (Å²) >= 11 is 0. The zero-order valence-electron chi connectivity index (χ0n) is 8.65. The van der Waals surface area contributed by atoms with Gasteiger partial charge in [-0.3, -0.25) is 14.3 Å². The van der Waals surface area contributed by atoms with Gasteiger partial charge in [0.05, 0.1) is 12.1 Å². The predicted octanol–water partition coefficient (Wildman–Crippen LogP) is 0.532. The minimum absolute atomic E-state index is 0.0282. The molecule has 0 unspecified atom stereocenters. The lowest BCUT2D eigenvalue weighted by molar-refractivity contribution is -0.138. The maximum Gasteiger partial charge on any atom is 0.303 e. The minimum Gasteiger partial charge on any atom is -0.481 e. The van der Waals surface area contributed by atoms with Crippen molar-refractivity contribution >= 4 is 17.7 Å². The van der Waals surface area contributed by atoms with Crippen LogP contribution in [0.15, 0.2) is 6.07 Å². The Morgan fingerprint density at radius 1 is 1.53 bits per heavy atom. The van der Waals surface area contributed by atoms with Gasteiger partial charge in [-0.25, -0.2) is 0 Å².